The summed E-state index contributed by atoms with van der Waals surface area (Å²) in [6.45, 7) is 0.354. The highest BCUT2D eigenvalue weighted by molar-refractivity contribution is 7.22. The second-order valence-corrected chi connectivity index (χ2v) is 8.27. The maximum absolute atomic E-state index is 12.4. The first-order valence-electron chi connectivity index (χ1n) is 9.27. The molecule has 0 saturated carbocycles. The molecule has 0 aliphatic carbocycles. The molecule has 2 aromatic carbocycles. The SMILES string of the molecule is O=C(NCc1ccc(Cl)nc1)Nc1cc(-c2cc3ccccc3s2)c2[nH]ncc2c1. The Morgan fingerprint density at radius 1 is 1.07 bits per heavy atom. The Labute approximate surface area is 180 Å². The van der Waals surface area contributed by atoms with Crippen molar-refractivity contribution in [2.24, 2.45) is 0 Å². The van der Waals surface area contributed by atoms with E-state index >= 15 is 0 Å². The van der Waals surface area contributed by atoms with Crippen molar-refractivity contribution in [3.8, 4) is 10.4 Å². The minimum absolute atomic E-state index is 0.296. The van der Waals surface area contributed by atoms with Crippen LogP contribution in [0.25, 0.3) is 31.4 Å². The van der Waals surface area contributed by atoms with E-state index < -0.39 is 0 Å². The first-order chi connectivity index (χ1) is 14.7. The maximum atomic E-state index is 12.4. The third-order valence-corrected chi connectivity index (χ3v) is 6.11. The van der Waals surface area contributed by atoms with Gasteiger partial charge in [0.05, 0.1) is 11.7 Å². The van der Waals surface area contributed by atoms with Gasteiger partial charge in [0.15, 0.2) is 0 Å². The van der Waals surface area contributed by atoms with Crippen molar-refractivity contribution in [3.63, 3.8) is 0 Å². The third-order valence-electron chi connectivity index (χ3n) is 4.74. The zero-order valence-corrected chi connectivity index (χ0v) is 17.2. The number of thiophene rings is 1. The summed E-state index contributed by atoms with van der Waals surface area (Å²) < 4.78 is 1.22. The fourth-order valence-electron chi connectivity index (χ4n) is 3.31. The van der Waals surface area contributed by atoms with Crippen LogP contribution in [-0.4, -0.2) is 21.2 Å². The van der Waals surface area contributed by atoms with Gasteiger partial charge >= 0.3 is 6.03 Å². The summed E-state index contributed by atoms with van der Waals surface area (Å²) in [6.07, 6.45) is 3.40. The lowest BCUT2D eigenvalue weighted by Crippen LogP contribution is -2.28. The van der Waals surface area contributed by atoms with Gasteiger partial charge in [-0.3, -0.25) is 5.10 Å². The predicted molar refractivity (Wildman–Crippen MR) is 122 cm³/mol. The molecule has 0 saturated heterocycles. The highest BCUT2D eigenvalue weighted by atomic mass is 35.5. The van der Waals surface area contributed by atoms with Gasteiger partial charge in [0.2, 0.25) is 0 Å². The van der Waals surface area contributed by atoms with Crippen LogP contribution in [0.5, 0.6) is 0 Å². The molecule has 30 heavy (non-hydrogen) atoms. The van der Waals surface area contributed by atoms with E-state index in [9.17, 15) is 4.79 Å². The average Bonchev–Trinajstić information content (AvgIpc) is 3.39. The first kappa shape index (κ1) is 18.6. The van der Waals surface area contributed by atoms with Crippen molar-refractivity contribution >= 4 is 55.6 Å². The second-order valence-electron chi connectivity index (χ2n) is 6.80. The summed E-state index contributed by atoms with van der Waals surface area (Å²) in [7, 11) is 0. The summed E-state index contributed by atoms with van der Waals surface area (Å²) >= 11 is 7.50. The van der Waals surface area contributed by atoms with E-state index in [4.69, 9.17) is 11.6 Å². The molecule has 0 radical (unpaired) electrons. The van der Waals surface area contributed by atoms with Crippen LogP contribution in [0.1, 0.15) is 5.56 Å². The van der Waals surface area contributed by atoms with E-state index in [-0.39, 0.29) is 6.03 Å². The van der Waals surface area contributed by atoms with Crippen molar-refractivity contribution in [2.45, 2.75) is 6.54 Å². The Morgan fingerprint density at radius 2 is 1.97 bits per heavy atom. The van der Waals surface area contributed by atoms with E-state index in [1.165, 1.54) is 10.1 Å². The predicted octanol–water partition coefficient (Wildman–Crippen LogP) is 5.81. The number of carbonyl (C=O) groups excluding carboxylic acids is 1. The largest absolute Gasteiger partial charge is 0.334 e. The van der Waals surface area contributed by atoms with Gasteiger partial charge in [0.25, 0.3) is 0 Å². The molecule has 5 aromatic rings. The molecule has 8 heteroatoms. The van der Waals surface area contributed by atoms with Gasteiger partial charge in [-0.1, -0.05) is 35.9 Å². The quantitative estimate of drug-likeness (QED) is 0.312. The molecule has 0 fully saturated rings. The molecule has 0 bridgehead atoms. The molecular weight excluding hydrogens is 418 g/mol. The molecule has 0 unspecified atom stereocenters. The van der Waals surface area contributed by atoms with Crippen LogP contribution >= 0.6 is 22.9 Å². The van der Waals surface area contributed by atoms with Crippen molar-refractivity contribution in [3.05, 3.63) is 77.7 Å². The Balaban J connectivity index is 1.41. The summed E-state index contributed by atoms with van der Waals surface area (Å²) in [5.74, 6) is 0. The van der Waals surface area contributed by atoms with E-state index in [2.05, 4.69) is 44.0 Å². The minimum atomic E-state index is -0.296. The van der Waals surface area contributed by atoms with E-state index in [0.717, 1.165) is 26.9 Å². The smallest absolute Gasteiger partial charge is 0.319 e. The Morgan fingerprint density at radius 3 is 2.80 bits per heavy atom. The van der Waals surface area contributed by atoms with Crippen LogP contribution in [-0.2, 0) is 6.54 Å². The van der Waals surface area contributed by atoms with Crippen LogP contribution in [0, 0.1) is 0 Å². The van der Waals surface area contributed by atoms with Gasteiger partial charge < -0.3 is 10.6 Å². The number of hydrogen-bond acceptors (Lipinski definition) is 4. The number of benzene rings is 2. The molecule has 3 aromatic heterocycles. The topological polar surface area (TPSA) is 82.7 Å². The molecular formula is C22H16ClN5OS. The number of aromatic nitrogens is 3. The summed E-state index contributed by atoms with van der Waals surface area (Å²) in [6, 6.07) is 17.5. The van der Waals surface area contributed by atoms with Gasteiger partial charge in [-0.2, -0.15) is 5.10 Å². The van der Waals surface area contributed by atoms with Crippen LogP contribution in [0.3, 0.4) is 0 Å². The maximum Gasteiger partial charge on any atom is 0.319 e. The molecule has 6 nitrogen and oxygen atoms in total. The van der Waals surface area contributed by atoms with Crippen LogP contribution in [0.4, 0.5) is 10.5 Å². The molecule has 0 spiro atoms. The second kappa shape index (κ2) is 7.78. The number of nitrogens with zero attached hydrogens (tertiary/aromatic N) is 2. The molecule has 3 heterocycles. The first-order valence-corrected chi connectivity index (χ1v) is 10.5. The number of hydrogen-bond donors (Lipinski definition) is 3. The number of urea groups is 1. The van der Waals surface area contributed by atoms with Gasteiger partial charge in [-0.15, -0.1) is 11.3 Å². The van der Waals surface area contributed by atoms with Gasteiger partial charge in [0.1, 0.15) is 5.15 Å². The summed E-state index contributed by atoms with van der Waals surface area (Å²) in [5, 5.41) is 15.5. The summed E-state index contributed by atoms with van der Waals surface area (Å²) in [4.78, 5) is 17.6. The molecule has 0 aliphatic rings. The molecule has 148 valence electrons. The van der Waals surface area contributed by atoms with Crippen molar-refractivity contribution in [1.29, 1.82) is 0 Å². The van der Waals surface area contributed by atoms with Crippen LogP contribution in [0.15, 0.2) is 67.0 Å². The average molecular weight is 434 g/mol. The Bertz CT molecular complexity index is 1330. The lowest BCUT2D eigenvalue weighted by Gasteiger charge is -2.10. The highest BCUT2D eigenvalue weighted by Crippen LogP contribution is 2.38. The summed E-state index contributed by atoms with van der Waals surface area (Å²) in [5.41, 5.74) is 3.51. The molecule has 0 atom stereocenters. The lowest BCUT2D eigenvalue weighted by atomic mass is 10.1. The Hall–Kier alpha value is -3.42. The van der Waals surface area contributed by atoms with E-state index in [1.54, 1.807) is 29.8 Å². The number of H-pyrrole nitrogens is 1. The third kappa shape index (κ3) is 3.72. The van der Waals surface area contributed by atoms with Crippen molar-refractivity contribution < 1.29 is 4.79 Å². The van der Waals surface area contributed by atoms with E-state index in [0.29, 0.717) is 17.4 Å². The number of nitrogens with one attached hydrogen (secondary N) is 3. The van der Waals surface area contributed by atoms with Crippen molar-refractivity contribution in [1.82, 2.24) is 20.5 Å². The molecule has 2 amide bonds. The minimum Gasteiger partial charge on any atom is -0.334 e. The number of aromatic amines is 1. The number of rotatable bonds is 4. The monoisotopic (exact) mass is 433 g/mol. The zero-order valence-electron chi connectivity index (χ0n) is 15.6. The number of halogens is 1. The standard InChI is InChI=1S/C22H16ClN5OS/c23-20-6-5-13(10-24-20)11-25-22(29)27-16-7-15-12-26-28-21(15)17(9-16)19-8-14-3-1-2-4-18(14)30-19/h1-10,12H,11H2,(H,26,28)(H2,25,27,29). The van der Waals surface area contributed by atoms with Crippen molar-refractivity contribution in [2.75, 3.05) is 5.32 Å². The number of pyridine rings is 1. The number of fused-ring (bicyclic) bond motifs is 2. The fourth-order valence-corrected chi connectivity index (χ4v) is 4.50. The zero-order chi connectivity index (χ0) is 20.5. The lowest BCUT2D eigenvalue weighted by molar-refractivity contribution is 0.251. The number of anilines is 1. The van der Waals surface area contributed by atoms with E-state index in [1.807, 2.05) is 30.3 Å². The van der Waals surface area contributed by atoms with Gasteiger partial charge in [-0.25, -0.2) is 9.78 Å². The molecule has 3 N–H and O–H groups in total. The highest BCUT2D eigenvalue weighted by Gasteiger charge is 2.13. The fraction of sp³-hybridized carbons (Fsp3) is 0.0455. The van der Waals surface area contributed by atoms with Crippen LogP contribution < -0.4 is 10.6 Å². The van der Waals surface area contributed by atoms with Gasteiger partial charge in [0, 0.05) is 39.0 Å². The number of carbonyl (C=O) groups is 1. The molecule has 0 aliphatic heterocycles. The normalized spacial score (nSPS) is 11.1. The van der Waals surface area contributed by atoms with Crippen LogP contribution in [0.2, 0.25) is 5.15 Å². The molecule has 5 rings (SSSR count). The Kier molecular flexibility index (Phi) is 4.82. The number of amides is 2. The van der Waals surface area contributed by atoms with Gasteiger partial charge in [-0.05, 0) is 41.3 Å².